The number of hydrogen-bond donors (Lipinski definition) is 1. The number of rotatable bonds is 5. The lowest BCUT2D eigenvalue weighted by atomic mass is 9.91. The summed E-state index contributed by atoms with van der Waals surface area (Å²) in [7, 11) is 0. The molecule has 1 unspecified atom stereocenters. The van der Waals surface area contributed by atoms with Crippen molar-refractivity contribution >= 4 is 22.1 Å². The van der Waals surface area contributed by atoms with E-state index >= 15 is 0 Å². The van der Waals surface area contributed by atoms with Crippen molar-refractivity contribution in [2.24, 2.45) is 5.92 Å². The summed E-state index contributed by atoms with van der Waals surface area (Å²) in [4.78, 5) is 2.50. The molecule has 0 aromatic heterocycles. The van der Waals surface area contributed by atoms with Gasteiger partial charge in [0.25, 0.3) is 0 Å². The molecule has 4 aromatic carbocycles. The number of benzene rings is 4. The van der Waals surface area contributed by atoms with Gasteiger partial charge in [-0.15, -0.1) is 0 Å². The number of fused-ring (bicyclic) bond motifs is 2. The molecule has 0 saturated heterocycles. The molecular formula is C29H30N2. The first-order valence-electron chi connectivity index (χ1n) is 11.3. The van der Waals surface area contributed by atoms with Crippen LogP contribution in [-0.4, -0.2) is 13.1 Å². The third kappa shape index (κ3) is 4.08. The summed E-state index contributed by atoms with van der Waals surface area (Å²) in [5, 5.41) is 6.51. The van der Waals surface area contributed by atoms with E-state index in [0.29, 0.717) is 12.0 Å². The van der Waals surface area contributed by atoms with E-state index in [0.717, 1.165) is 19.5 Å². The minimum atomic E-state index is 0.315. The van der Waals surface area contributed by atoms with Gasteiger partial charge in [0.05, 0.1) is 0 Å². The van der Waals surface area contributed by atoms with Crippen molar-refractivity contribution in [3.05, 3.63) is 108 Å². The van der Waals surface area contributed by atoms with Crippen LogP contribution >= 0.6 is 0 Å². The molecule has 5 rings (SSSR count). The number of para-hydroxylation sites is 1. The lowest BCUT2D eigenvalue weighted by molar-refractivity contribution is 0.437. The summed E-state index contributed by atoms with van der Waals surface area (Å²) in [6.07, 6.45) is 1.12. The molecule has 1 N–H and O–H groups in total. The summed E-state index contributed by atoms with van der Waals surface area (Å²) >= 11 is 0. The zero-order valence-electron chi connectivity index (χ0n) is 18.4. The van der Waals surface area contributed by atoms with Gasteiger partial charge in [-0.1, -0.05) is 72.8 Å². The topological polar surface area (TPSA) is 15.3 Å². The average molecular weight is 407 g/mol. The Morgan fingerprint density at radius 1 is 0.903 bits per heavy atom. The highest BCUT2D eigenvalue weighted by Gasteiger charge is 2.25. The maximum atomic E-state index is 3.85. The van der Waals surface area contributed by atoms with Gasteiger partial charge in [-0.3, -0.25) is 0 Å². The molecule has 0 amide bonds. The van der Waals surface area contributed by atoms with E-state index < -0.39 is 0 Å². The molecule has 0 bridgehead atoms. The van der Waals surface area contributed by atoms with E-state index in [1.54, 1.807) is 0 Å². The lowest BCUT2D eigenvalue weighted by Crippen LogP contribution is -2.38. The number of hydrogen-bond acceptors (Lipinski definition) is 2. The Morgan fingerprint density at radius 2 is 1.68 bits per heavy atom. The van der Waals surface area contributed by atoms with Crippen molar-refractivity contribution in [1.29, 1.82) is 0 Å². The Hall–Kier alpha value is -3.10. The fourth-order valence-electron chi connectivity index (χ4n) is 4.94. The van der Waals surface area contributed by atoms with Crippen molar-refractivity contribution in [2.75, 3.05) is 18.0 Å². The number of nitrogens with one attached hydrogen (secondary N) is 1. The zero-order chi connectivity index (χ0) is 21.2. The van der Waals surface area contributed by atoms with Crippen molar-refractivity contribution < 1.29 is 0 Å². The van der Waals surface area contributed by atoms with Crippen LogP contribution < -0.4 is 10.2 Å². The third-order valence-corrected chi connectivity index (χ3v) is 6.55. The largest absolute Gasteiger partial charge is 0.341 e. The second-order valence-corrected chi connectivity index (χ2v) is 8.85. The molecule has 156 valence electrons. The summed E-state index contributed by atoms with van der Waals surface area (Å²) < 4.78 is 0. The predicted octanol–water partition coefficient (Wildman–Crippen LogP) is 6.81. The van der Waals surface area contributed by atoms with Crippen molar-refractivity contribution in [3.63, 3.8) is 0 Å². The van der Waals surface area contributed by atoms with Crippen LogP contribution in [0.3, 0.4) is 0 Å². The molecular weight excluding hydrogens is 376 g/mol. The van der Waals surface area contributed by atoms with E-state index in [4.69, 9.17) is 0 Å². The molecule has 1 aliphatic heterocycles. The van der Waals surface area contributed by atoms with Gasteiger partial charge < -0.3 is 10.2 Å². The molecule has 0 radical (unpaired) electrons. The second kappa shape index (κ2) is 8.56. The molecule has 2 heteroatoms. The standard InChI is InChI=1S/C29H30N2/c1-21-9-7-13-26(17-21)31-20-23(18-25-11-4-6-16-29(25)31)19-30-22(2)27-15-8-12-24-10-3-5-14-28(24)27/h3-17,22-23,30H,18-20H2,1-2H3/t22-,23?/m1/s1. The van der Waals surface area contributed by atoms with E-state index in [1.807, 2.05) is 0 Å². The van der Waals surface area contributed by atoms with E-state index in [1.165, 1.54) is 38.8 Å². The molecule has 2 atom stereocenters. The first-order chi connectivity index (χ1) is 15.2. The highest BCUT2D eigenvalue weighted by Crippen LogP contribution is 2.35. The van der Waals surface area contributed by atoms with Crippen LogP contribution in [0.15, 0.2) is 91.0 Å². The van der Waals surface area contributed by atoms with E-state index in [9.17, 15) is 0 Å². The quantitative estimate of drug-likeness (QED) is 0.392. The molecule has 31 heavy (non-hydrogen) atoms. The van der Waals surface area contributed by atoms with Gasteiger partial charge in [-0.2, -0.15) is 0 Å². The van der Waals surface area contributed by atoms with Gasteiger partial charge in [0.2, 0.25) is 0 Å². The molecule has 1 heterocycles. The zero-order valence-corrected chi connectivity index (χ0v) is 18.4. The van der Waals surface area contributed by atoms with Crippen LogP contribution in [0.25, 0.3) is 10.8 Å². The maximum absolute atomic E-state index is 3.85. The summed E-state index contributed by atoms with van der Waals surface area (Å²) in [5.41, 5.74) is 6.77. The molecule has 2 nitrogen and oxygen atoms in total. The van der Waals surface area contributed by atoms with Crippen molar-refractivity contribution in [1.82, 2.24) is 5.32 Å². The molecule has 0 saturated carbocycles. The molecule has 1 aliphatic rings. The molecule has 4 aromatic rings. The summed E-state index contributed by atoms with van der Waals surface area (Å²) in [5.74, 6) is 0.563. The monoisotopic (exact) mass is 406 g/mol. The predicted molar refractivity (Wildman–Crippen MR) is 132 cm³/mol. The summed E-state index contributed by atoms with van der Waals surface area (Å²) in [6.45, 7) is 6.50. The molecule has 0 fully saturated rings. The fraction of sp³-hybridized carbons (Fsp3) is 0.241. The number of nitrogens with zero attached hydrogens (tertiary/aromatic N) is 1. The Morgan fingerprint density at radius 3 is 2.58 bits per heavy atom. The van der Waals surface area contributed by atoms with E-state index in [-0.39, 0.29) is 0 Å². The smallest absolute Gasteiger partial charge is 0.0443 e. The average Bonchev–Trinajstić information content (AvgIpc) is 2.81. The van der Waals surface area contributed by atoms with Gasteiger partial charge >= 0.3 is 0 Å². The number of aryl methyl sites for hydroxylation is 1. The van der Waals surface area contributed by atoms with Gasteiger partial charge in [0, 0.05) is 30.5 Å². The van der Waals surface area contributed by atoms with Crippen LogP contribution in [0.2, 0.25) is 0 Å². The van der Waals surface area contributed by atoms with Gasteiger partial charge in [-0.05, 0) is 71.8 Å². The highest BCUT2D eigenvalue weighted by molar-refractivity contribution is 5.86. The molecule has 0 aliphatic carbocycles. The normalized spacial score (nSPS) is 16.8. The Kier molecular flexibility index (Phi) is 5.48. The highest BCUT2D eigenvalue weighted by atomic mass is 15.2. The fourth-order valence-corrected chi connectivity index (χ4v) is 4.94. The van der Waals surface area contributed by atoms with Crippen molar-refractivity contribution in [2.45, 2.75) is 26.3 Å². The van der Waals surface area contributed by atoms with Gasteiger partial charge in [0.15, 0.2) is 0 Å². The summed E-state index contributed by atoms with van der Waals surface area (Å²) in [6, 6.07) is 33.4. The van der Waals surface area contributed by atoms with Crippen LogP contribution in [0.1, 0.15) is 29.7 Å². The van der Waals surface area contributed by atoms with Gasteiger partial charge in [0.1, 0.15) is 0 Å². The first-order valence-corrected chi connectivity index (χ1v) is 11.3. The van der Waals surface area contributed by atoms with Crippen molar-refractivity contribution in [3.8, 4) is 0 Å². The Bertz CT molecular complexity index is 1190. The van der Waals surface area contributed by atoms with Crippen LogP contribution in [0.4, 0.5) is 11.4 Å². The van der Waals surface area contributed by atoms with Gasteiger partial charge in [-0.25, -0.2) is 0 Å². The first kappa shape index (κ1) is 19.8. The second-order valence-electron chi connectivity index (χ2n) is 8.85. The lowest BCUT2D eigenvalue weighted by Gasteiger charge is -2.37. The third-order valence-electron chi connectivity index (χ3n) is 6.55. The van der Waals surface area contributed by atoms with Crippen LogP contribution in [0.5, 0.6) is 0 Å². The SMILES string of the molecule is Cc1cccc(N2CC(CN[C@H](C)c3cccc4ccccc34)Cc3ccccc32)c1. The van der Waals surface area contributed by atoms with Crippen LogP contribution in [-0.2, 0) is 6.42 Å². The minimum absolute atomic E-state index is 0.315. The number of anilines is 2. The van der Waals surface area contributed by atoms with E-state index in [2.05, 4.69) is 115 Å². The Labute approximate surface area is 185 Å². The molecule has 0 spiro atoms. The van der Waals surface area contributed by atoms with Crippen LogP contribution in [0, 0.1) is 12.8 Å². The minimum Gasteiger partial charge on any atom is -0.341 e. The maximum Gasteiger partial charge on any atom is 0.0443 e. The Balaban J connectivity index is 1.36.